The van der Waals surface area contributed by atoms with Gasteiger partial charge in [-0.15, -0.1) is 11.8 Å². The predicted molar refractivity (Wildman–Crippen MR) is 124 cm³/mol. The quantitative estimate of drug-likeness (QED) is 0.255. The zero-order chi connectivity index (χ0) is 20.1. The van der Waals surface area contributed by atoms with Crippen LogP contribution >= 0.6 is 11.8 Å². The van der Waals surface area contributed by atoms with Gasteiger partial charge in [-0.1, -0.05) is 78.9 Å². The number of carbonyl (C=O) groups is 1. The highest BCUT2D eigenvalue weighted by molar-refractivity contribution is 7.99. The summed E-state index contributed by atoms with van der Waals surface area (Å²) in [6.07, 6.45) is 1.76. The first kappa shape index (κ1) is 19.2. The lowest BCUT2D eigenvalue weighted by Crippen LogP contribution is -2.27. The van der Waals surface area contributed by atoms with Crippen LogP contribution < -0.4 is 5.43 Å². The van der Waals surface area contributed by atoms with E-state index in [1.54, 1.807) is 18.0 Å². The molecule has 0 saturated carbocycles. The van der Waals surface area contributed by atoms with Crippen molar-refractivity contribution in [3.05, 3.63) is 96.1 Å². The molecular weight excluding hydrogens is 376 g/mol. The smallest absolute Gasteiger partial charge is 0.252 e. The van der Waals surface area contributed by atoms with Crippen molar-refractivity contribution in [3.63, 3.8) is 0 Å². The molecule has 0 aliphatic heterocycles. The Morgan fingerprint density at radius 3 is 2.17 bits per heavy atom. The molecule has 144 valence electrons. The van der Waals surface area contributed by atoms with Gasteiger partial charge in [0.15, 0.2) is 0 Å². The maximum Gasteiger partial charge on any atom is 0.252 e. The molecule has 0 aliphatic rings. The highest BCUT2D eigenvalue weighted by Gasteiger charge is 2.13. The summed E-state index contributed by atoms with van der Waals surface area (Å²) in [5, 5.41) is 8.65. The summed E-state index contributed by atoms with van der Waals surface area (Å²) in [6.45, 7) is 1.91. The van der Waals surface area contributed by atoms with E-state index in [1.165, 1.54) is 5.56 Å². The number of rotatable bonds is 6. The SMILES string of the molecule is CC(SCc1ccccc1)C(=O)NN=Cc1c2ccccc2cc2ccccc12. The third-order valence-corrected chi connectivity index (χ3v) is 6.11. The van der Waals surface area contributed by atoms with E-state index in [0.29, 0.717) is 0 Å². The summed E-state index contributed by atoms with van der Waals surface area (Å²) in [5.74, 6) is 0.708. The number of amides is 1. The Bertz CT molecular complexity index is 1120. The molecule has 0 aromatic heterocycles. The van der Waals surface area contributed by atoms with Crippen LogP contribution in [-0.2, 0) is 10.5 Å². The number of fused-ring (bicyclic) bond motifs is 2. The molecule has 1 N–H and O–H groups in total. The first-order valence-corrected chi connectivity index (χ1v) is 10.7. The zero-order valence-corrected chi connectivity index (χ0v) is 17.0. The normalized spacial score (nSPS) is 12.4. The number of thioether (sulfide) groups is 1. The lowest BCUT2D eigenvalue weighted by molar-refractivity contribution is -0.120. The van der Waals surface area contributed by atoms with Crippen molar-refractivity contribution in [1.29, 1.82) is 0 Å². The van der Waals surface area contributed by atoms with Crippen molar-refractivity contribution >= 4 is 45.4 Å². The average molecular weight is 399 g/mol. The Hall–Kier alpha value is -3.11. The Labute approximate surface area is 174 Å². The zero-order valence-electron chi connectivity index (χ0n) is 16.2. The van der Waals surface area contributed by atoms with Gasteiger partial charge in [-0.25, -0.2) is 5.43 Å². The van der Waals surface area contributed by atoms with Crippen molar-refractivity contribution in [2.45, 2.75) is 17.9 Å². The van der Waals surface area contributed by atoms with E-state index in [0.717, 1.165) is 32.9 Å². The summed E-state index contributed by atoms with van der Waals surface area (Å²) in [6, 6.07) is 28.8. The minimum absolute atomic E-state index is 0.0910. The second-order valence-electron chi connectivity index (χ2n) is 6.91. The van der Waals surface area contributed by atoms with E-state index in [4.69, 9.17) is 0 Å². The Morgan fingerprint density at radius 2 is 1.52 bits per heavy atom. The van der Waals surface area contributed by atoms with Crippen LogP contribution in [0, 0.1) is 0 Å². The fourth-order valence-electron chi connectivity index (χ4n) is 3.31. The number of nitrogens with one attached hydrogen (secondary N) is 1. The lowest BCUT2D eigenvalue weighted by atomic mass is 9.97. The van der Waals surface area contributed by atoms with Gasteiger partial charge in [-0.2, -0.15) is 5.10 Å². The molecule has 29 heavy (non-hydrogen) atoms. The first-order chi connectivity index (χ1) is 14.2. The largest absolute Gasteiger partial charge is 0.272 e. The van der Waals surface area contributed by atoms with Crippen LogP contribution in [-0.4, -0.2) is 17.4 Å². The van der Waals surface area contributed by atoms with Gasteiger partial charge in [-0.3, -0.25) is 4.79 Å². The maximum absolute atomic E-state index is 12.4. The van der Waals surface area contributed by atoms with Crippen molar-refractivity contribution < 1.29 is 4.79 Å². The van der Waals surface area contributed by atoms with Gasteiger partial charge in [0, 0.05) is 11.3 Å². The molecule has 0 heterocycles. The Kier molecular flexibility index (Phi) is 5.92. The maximum atomic E-state index is 12.4. The summed E-state index contributed by atoms with van der Waals surface area (Å²) in [7, 11) is 0. The molecule has 0 bridgehead atoms. The number of hydrogen-bond donors (Lipinski definition) is 1. The number of hydrazone groups is 1. The standard InChI is InChI=1S/C25H22N2OS/c1-18(29-17-19-9-3-2-4-10-19)25(28)27-26-16-24-22-13-7-5-11-20(22)15-21-12-6-8-14-23(21)24/h2-16,18H,17H2,1H3,(H,27,28). The van der Waals surface area contributed by atoms with Crippen molar-refractivity contribution in [2.24, 2.45) is 5.10 Å². The monoisotopic (exact) mass is 398 g/mol. The molecule has 4 rings (SSSR count). The van der Waals surface area contributed by atoms with Crippen molar-refractivity contribution in [3.8, 4) is 0 Å². The summed E-state index contributed by atoms with van der Waals surface area (Å²) in [4.78, 5) is 12.4. The van der Waals surface area contributed by atoms with Gasteiger partial charge in [0.1, 0.15) is 0 Å². The molecule has 0 saturated heterocycles. The molecule has 4 aromatic carbocycles. The fourth-order valence-corrected chi connectivity index (χ4v) is 4.15. The number of hydrogen-bond acceptors (Lipinski definition) is 3. The first-order valence-electron chi connectivity index (χ1n) is 9.61. The van der Waals surface area contributed by atoms with Crippen LogP contribution in [0.15, 0.2) is 90.0 Å². The molecular formula is C25H22N2OS. The van der Waals surface area contributed by atoms with Crippen LogP contribution in [0.1, 0.15) is 18.1 Å². The van der Waals surface area contributed by atoms with Gasteiger partial charge >= 0.3 is 0 Å². The molecule has 0 aliphatic carbocycles. The summed E-state index contributed by atoms with van der Waals surface area (Å²) in [5.41, 5.74) is 4.93. The third-order valence-electron chi connectivity index (χ3n) is 4.89. The lowest BCUT2D eigenvalue weighted by Gasteiger charge is -2.10. The molecule has 4 heteroatoms. The summed E-state index contributed by atoms with van der Waals surface area (Å²) < 4.78 is 0. The van der Waals surface area contributed by atoms with Gasteiger partial charge < -0.3 is 0 Å². The van der Waals surface area contributed by atoms with Crippen LogP contribution in [0.4, 0.5) is 0 Å². The molecule has 1 atom stereocenters. The molecule has 1 unspecified atom stereocenters. The van der Waals surface area contributed by atoms with E-state index < -0.39 is 0 Å². The number of nitrogens with zero attached hydrogens (tertiary/aromatic N) is 1. The third kappa shape index (κ3) is 4.49. The van der Waals surface area contributed by atoms with Gasteiger partial charge in [0.2, 0.25) is 0 Å². The van der Waals surface area contributed by atoms with Gasteiger partial charge in [-0.05, 0) is 40.1 Å². The second-order valence-corrected chi connectivity index (χ2v) is 8.23. The van der Waals surface area contributed by atoms with Gasteiger partial charge in [0.25, 0.3) is 5.91 Å². The highest BCUT2D eigenvalue weighted by atomic mass is 32.2. The van der Waals surface area contributed by atoms with E-state index in [2.05, 4.69) is 53.0 Å². The van der Waals surface area contributed by atoms with Crippen LogP contribution in [0.25, 0.3) is 21.5 Å². The predicted octanol–water partition coefficient (Wildman–Crippen LogP) is 5.77. The van der Waals surface area contributed by atoms with E-state index in [1.807, 2.05) is 49.4 Å². The van der Waals surface area contributed by atoms with E-state index in [-0.39, 0.29) is 11.2 Å². The molecule has 0 radical (unpaired) electrons. The average Bonchev–Trinajstić information content (AvgIpc) is 2.77. The fraction of sp³-hybridized carbons (Fsp3) is 0.120. The number of benzene rings is 4. The van der Waals surface area contributed by atoms with Crippen LogP contribution in [0.3, 0.4) is 0 Å². The molecule has 4 aromatic rings. The minimum atomic E-state index is -0.184. The molecule has 3 nitrogen and oxygen atoms in total. The minimum Gasteiger partial charge on any atom is -0.272 e. The van der Waals surface area contributed by atoms with Crippen molar-refractivity contribution in [2.75, 3.05) is 0 Å². The second kappa shape index (κ2) is 8.93. The molecule has 0 spiro atoms. The van der Waals surface area contributed by atoms with E-state index in [9.17, 15) is 4.79 Å². The topological polar surface area (TPSA) is 41.5 Å². The van der Waals surface area contributed by atoms with Gasteiger partial charge in [0.05, 0.1) is 11.5 Å². The molecule has 0 fully saturated rings. The van der Waals surface area contributed by atoms with Crippen LogP contribution in [0.2, 0.25) is 0 Å². The Balaban J connectivity index is 1.50. The highest BCUT2D eigenvalue weighted by Crippen LogP contribution is 2.27. The van der Waals surface area contributed by atoms with E-state index >= 15 is 0 Å². The van der Waals surface area contributed by atoms with Crippen LogP contribution in [0.5, 0.6) is 0 Å². The summed E-state index contributed by atoms with van der Waals surface area (Å²) >= 11 is 1.60. The van der Waals surface area contributed by atoms with Crippen molar-refractivity contribution in [1.82, 2.24) is 5.43 Å². The number of carbonyl (C=O) groups excluding carboxylic acids is 1. The molecule has 1 amide bonds. The Morgan fingerprint density at radius 1 is 0.931 bits per heavy atom.